The second-order valence-corrected chi connectivity index (χ2v) is 9.35. The first-order chi connectivity index (χ1) is 16.6. The third-order valence-corrected chi connectivity index (χ3v) is 6.58. The van der Waals surface area contributed by atoms with Gasteiger partial charge in [-0.25, -0.2) is 9.37 Å². The minimum Gasteiger partial charge on any atom is -0.329 e. The van der Waals surface area contributed by atoms with Crippen LogP contribution in [0.2, 0.25) is 0 Å². The third kappa shape index (κ3) is 5.61. The van der Waals surface area contributed by atoms with Crippen LogP contribution in [0.5, 0.6) is 0 Å². The van der Waals surface area contributed by atoms with E-state index >= 15 is 0 Å². The van der Waals surface area contributed by atoms with Gasteiger partial charge >= 0.3 is 0 Å². The van der Waals surface area contributed by atoms with E-state index in [9.17, 15) is 4.39 Å². The van der Waals surface area contributed by atoms with E-state index in [1.165, 1.54) is 34.4 Å². The van der Waals surface area contributed by atoms with E-state index in [1.54, 1.807) is 0 Å². The summed E-state index contributed by atoms with van der Waals surface area (Å²) < 4.78 is 15.4. The summed E-state index contributed by atoms with van der Waals surface area (Å²) in [6, 6.07) is 24.6. The van der Waals surface area contributed by atoms with Crippen molar-refractivity contribution in [1.82, 2.24) is 19.8 Å². The Labute approximate surface area is 201 Å². The molecule has 1 N–H and O–H groups in total. The summed E-state index contributed by atoms with van der Waals surface area (Å²) in [7, 11) is 0. The highest BCUT2D eigenvalue weighted by Gasteiger charge is 2.22. The number of imidazole rings is 1. The molecule has 1 unspecified atom stereocenters. The molecule has 0 saturated heterocycles. The van der Waals surface area contributed by atoms with Crippen LogP contribution in [0.1, 0.15) is 33.5 Å². The first kappa shape index (κ1) is 22.5. The van der Waals surface area contributed by atoms with Gasteiger partial charge in [-0.3, -0.25) is 4.90 Å². The molecule has 0 aliphatic carbocycles. The molecule has 2 heterocycles. The van der Waals surface area contributed by atoms with Crippen molar-refractivity contribution in [2.24, 2.45) is 0 Å². The van der Waals surface area contributed by atoms with Crippen LogP contribution < -0.4 is 5.32 Å². The fraction of sp³-hybridized carbons (Fsp3) is 0.276. The smallest absolute Gasteiger partial charge is 0.123 e. The molecule has 0 amide bonds. The Morgan fingerprint density at radius 1 is 0.941 bits per heavy atom. The largest absolute Gasteiger partial charge is 0.329 e. The van der Waals surface area contributed by atoms with E-state index in [1.807, 2.05) is 24.7 Å². The molecule has 4 nitrogen and oxygen atoms in total. The molecule has 1 aliphatic heterocycles. The molecule has 1 aromatic heterocycles. The summed E-state index contributed by atoms with van der Waals surface area (Å²) in [5, 5.41) is 3.80. The van der Waals surface area contributed by atoms with Gasteiger partial charge in [0.1, 0.15) is 5.82 Å². The van der Waals surface area contributed by atoms with Crippen LogP contribution in [-0.2, 0) is 32.6 Å². The molecule has 0 saturated carbocycles. The maximum atomic E-state index is 13.3. The second kappa shape index (κ2) is 10.3. The summed E-state index contributed by atoms with van der Waals surface area (Å²) in [4.78, 5) is 6.92. The maximum Gasteiger partial charge on any atom is 0.123 e. The van der Waals surface area contributed by atoms with Gasteiger partial charge in [-0.1, -0.05) is 66.2 Å². The van der Waals surface area contributed by atoms with Crippen molar-refractivity contribution < 1.29 is 4.39 Å². The van der Waals surface area contributed by atoms with Crippen LogP contribution in [0.15, 0.2) is 85.3 Å². The maximum absolute atomic E-state index is 13.3. The van der Waals surface area contributed by atoms with Crippen LogP contribution in [-0.4, -0.2) is 27.0 Å². The summed E-state index contributed by atoms with van der Waals surface area (Å²) in [6.07, 6.45) is 4.78. The molecule has 5 rings (SSSR count). The average molecular weight is 455 g/mol. The van der Waals surface area contributed by atoms with Gasteiger partial charge in [-0.05, 0) is 47.7 Å². The topological polar surface area (TPSA) is 33.1 Å². The molecule has 4 aromatic rings. The molecule has 0 bridgehead atoms. The fourth-order valence-corrected chi connectivity index (χ4v) is 4.86. The van der Waals surface area contributed by atoms with E-state index in [4.69, 9.17) is 0 Å². The minimum absolute atomic E-state index is 0.208. The molecule has 0 spiro atoms. The number of hydrogen-bond acceptors (Lipinski definition) is 3. The van der Waals surface area contributed by atoms with Gasteiger partial charge in [0.15, 0.2) is 0 Å². The number of rotatable bonds is 7. The van der Waals surface area contributed by atoms with Crippen LogP contribution in [0.25, 0.3) is 0 Å². The van der Waals surface area contributed by atoms with Gasteiger partial charge in [0.05, 0.1) is 12.0 Å². The molecule has 174 valence electrons. The van der Waals surface area contributed by atoms with E-state index in [-0.39, 0.29) is 5.82 Å². The molecule has 3 aromatic carbocycles. The lowest BCUT2D eigenvalue weighted by atomic mass is 10.0. The van der Waals surface area contributed by atoms with Gasteiger partial charge < -0.3 is 9.88 Å². The summed E-state index contributed by atoms with van der Waals surface area (Å²) in [5.41, 5.74) is 7.69. The van der Waals surface area contributed by atoms with E-state index in [2.05, 4.69) is 75.2 Å². The molecular formula is C29H31FN4. The average Bonchev–Trinajstić information content (AvgIpc) is 3.18. The number of nitrogens with zero attached hydrogens (tertiary/aromatic N) is 3. The van der Waals surface area contributed by atoms with E-state index in [0.717, 1.165) is 43.9 Å². The van der Waals surface area contributed by atoms with Crippen LogP contribution in [0.4, 0.5) is 4.39 Å². The molecular weight excluding hydrogens is 423 g/mol. The molecule has 0 fully saturated rings. The Bertz CT molecular complexity index is 1230. The lowest BCUT2D eigenvalue weighted by molar-refractivity contribution is 0.232. The Morgan fingerprint density at radius 2 is 1.76 bits per heavy atom. The summed E-state index contributed by atoms with van der Waals surface area (Å²) >= 11 is 0. The van der Waals surface area contributed by atoms with Crippen molar-refractivity contribution in [3.05, 3.63) is 125 Å². The molecule has 1 atom stereocenters. The van der Waals surface area contributed by atoms with Crippen molar-refractivity contribution in [1.29, 1.82) is 0 Å². The highest BCUT2D eigenvalue weighted by atomic mass is 19.1. The number of hydrogen-bond donors (Lipinski definition) is 1. The summed E-state index contributed by atoms with van der Waals surface area (Å²) in [6.45, 7) is 6.47. The predicted octanol–water partition coefficient (Wildman–Crippen LogP) is 5.10. The van der Waals surface area contributed by atoms with Crippen LogP contribution in [0, 0.1) is 12.7 Å². The SMILES string of the molecule is Cc1cccc(CN2Cc3ccccc3CC(NCc3cncn3Cc3ccc(F)cc3)C2)c1. The number of aryl methyl sites for hydroxylation is 1. The fourth-order valence-electron chi connectivity index (χ4n) is 4.86. The second-order valence-electron chi connectivity index (χ2n) is 9.35. The lowest BCUT2D eigenvalue weighted by Gasteiger charge is -2.25. The van der Waals surface area contributed by atoms with Crippen LogP contribution >= 0.6 is 0 Å². The zero-order valence-corrected chi connectivity index (χ0v) is 19.6. The van der Waals surface area contributed by atoms with Gasteiger partial charge in [-0.15, -0.1) is 0 Å². The van der Waals surface area contributed by atoms with Gasteiger partial charge in [0.2, 0.25) is 0 Å². The van der Waals surface area contributed by atoms with Crippen molar-refractivity contribution >= 4 is 0 Å². The molecule has 5 heteroatoms. The normalized spacial score (nSPS) is 16.2. The Morgan fingerprint density at radius 3 is 2.59 bits per heavy atom. The van der Waals surface area contributed by atoms with Crippen molar-refractivity contribution in [3.8, 4) is 0 Å². The van der Waals surface area contributed by atoms with E-state index in [0.29, 0.717) is 12.6 Å². The van der Waals surface area contributed by atoms with E-state index < -0.39 is 0 Å². The number of fused-ring (bicyclic) bond motifs is 1. The third-order valence-electron chi connectivity index (χ3n) is 6.58. The zero-order chi connectivity index (χ0) is 23.3. The Balaban J connectivity index is 1.29. The molecule has 34 heavy (non-hydrogen) atoms. The van der Waals surface area contributed by atoms with Crippen molar-refractivity contribution in [2.45, 2.75) is 45.6 Å². The predicted molar refractivity (Wildman–Crippen MR) is 134 cm³/mol. The zero-order valence-electron chi connectivity index (χ0n) is 19.6. The Hall–Kier alpha value is -3.28. The van der Waals surface area contributed by atoms with Crippen molar-refractivity contribution in [3.63, 3.8) is 0 Å². The van der Waals surface area contributed by atoms with Crippen LogP contribution in [0.3, 0.4) is 0 Å². The highest BCUT2D eigenvalue weighted by molar-refractivity contribution is 5.30. The van der Waals surface area contributed by atoms with Gasteiger partial charge in [0, 0.05) is 45.0 Å². The minimum atomic E-state index is -0.208. The monoisotopic (exact) mass is 454 g/mol. The highest BCUT2D eigenvalue weighted by Crippen LogP contribution is 2.21. The quantitative estimate of drug-likeness (QED) is 0.422. The number of nitrogens with one attached hydrogen (secondary N) is 1. The van der Waals surface area contributed by atoms with Gasteiger partial charge in [-0.2, -0.15) is 0 Å². The van der Waals surface area contributed by atoms with Crippen molar-refractivity contribution in [2.75, 3.05) is 6.54 Å². The lowest BCUT2D eigenvalue weighted by Crippen LogP contribution is -2.40. The summed E-state index contributed by atoms with van der Waals surface area (Å²) in [5.74, 6) is -0.208. The standard InChI is InChI=1S/C29H31FN4/c1-22-5-4-6-24(13-22)17-33-19-26-8-3-2-7-25(26)14-28(20-33)32-16-29-15-31-21-34(29)18-23-9-11-27(30)12-10-23/h2-13,15,21,28,32H,14,16-20H2,1H3. The van der Waals surface area contributed by atoms with Gasteiger partial charge in [0.25, 0.3) is 0 Å². The first-order valence-corrected chi connectivity index (χ1v) is 11.9. The number of halogens is 1. The Kier molecular flexibility index (Phi) is 6.84. The molecule has 0 radical (unpaired) electrons. The first-order valence-electron chi connectivity index (χ1n) is 11.9. The number of benzene rings is 3. The number of aromatic nitrogens is 2. The molecule has 1 aliphatic rings.